The smallest absolute Gasteiger partial charge is 0.241 e. The first kappa shape index (κ1) is 17.6. The van der Waals surface area contributed by atoms with Crippen molar-refractivity contribution in [2.75, 3.05) is 27.2 Å². The van der Waals surface area contributed by atoms with Gasteiger partial charge >= 0.3 is 0 Å². The van der Waals surface area contributed by atoms with E-state index in [-0.39, 0.29) is 6.04 Å². The summed E-state index contributed by atoms with van der Waals surface area (Å²) in [7, 11) is 0.417. The Balaban J connectivity index is 2.84. The summed E-state index contributed by atoms with van der Waals surface area (Å²) in [5.74, 6) is 0. The van der Waals surface area contributed by atoms with Crippen molar-refractivity contribution in [3.8, 4) is 0 Å². The summed E-state index contributed by atoms with van der Waals surface area (Å²) in [6, 6.07) is 1.65. The third-order valence-electron chi connectivity index (χ3n) is 2.76. The zero-order valence-electron chi connectivity index (χ0n) is 12.9. The minimum atomic E-state index is -3.43. The second kappa shape index (κ2) is 7.51. The number of rotatable bonds is 8. The maximum absolute atomic E-state index is 12.4. The predicted octanol–water partition coefficient (Wildman–Crippen LogP) is 1.39. The Hall–Kier alpha value is -0.470. The Bertz CT molecular complexity index is 524. The van der Waals surface area contributed by atoms with E-state index in [1.165, 1.54) is 11.3 Å². The van der Waals surface area contributed by atoms with Gasteiger partial charge in [0, 0.05) is 28.9 Å². The molecule has 1 aromatic rings. The van der Waals surface area contributed by atoms with Crippen molar-refractivity contribution < 1.29 is 8.42 Å². The van der Waals surface area contributed by atoms with Crippen LogP contribution in [0, 0.1) is 6.92 Å². The molecule has 0 amide bonds. The fraction of sp³-hybridized carbons (Fsp3) is 0.692. The molecule has 0 saturated heterocycles. The molecule has 0 radical (unpaired) electrons. The van der Waals surface area contributed by atoms with Crippen LogP contribution in [0.15, 0.2) is 11.0 Å². The van der Waals surface area contributed by atoms with Gasteiger partial charge in [0.05, 0.1) is 4.90 Å². The van der Waals surface area contributed by atoms with Gasteiger partial charge in [-0.1, -0.05) is 6.92 Å². The molecule has 0 saturated carbocycles. The molecule has 7 heteroatoms. The number of sulfonamides is 1. The molecule has 1 unspecified atom stereocenters. The number of hydrogen-bond acceptors (Lipinski definition) is 5. The maximum Gasteiger partial charge on any atom is 0.241 e. The van der Waals surface area contributed by atoms with Crippen molar-refractivity contribution in [2.24, 2.45) is 0 Å². The summed E-state index contributed by atoms with van der Waals surface area (Å²) in [6.45, 7) is 8.02. The van der Waals surface area contributed by atoms with E-state index in [1.54, 1.807) is 6.07 Å². The average Bonchev–Trinajstić information content (AvgIpc) is 2.66. The van der Waals surface area contributed by atoms with E-state index in [0.717, 1.165) is 16.3 Å². The van der Waals surface area contributed by atoms with Crippen LogP contribution in [0.4, 0.5) is 0 Å². The Kier molecular flexibility index (Phi) is 6.60. The molecule has 0 fully saturated rings. The molecule has 0 spiro atoms. The average molecular weight is 319 g/mol. The molecule has 0 bridgehead atoms. The summed E-state index contributed by atoms with van der Waals surface area (Å²) in [6.07, 6.45) is 0. The van der Waals surface area contributed by atoms with Crippen LogP contribution in [-0.2, 0) is 16.6 Å². The van der Waals surface area contributed by atoms with E-state index in [0.29, 0.717) is 18.0 Å². The third kappa shape index (κ3) is 5.14. The van der Waals surface area contributed by atoms with Crippen LogP contribution in [0.2, 0.25) is 0 Å². The van der Waals surface area contributed by atoms with Crippen molar-refractivity contribution in [1.29, 1.82) is 0 Å². The first-order chi connectivity index (χ1) is 9.26. The topological polar surface area (TPSA) is 61.4 Å². The fourth-order valence-corrected chi connectivity index (χ4v) is 4.88. The van der Waals surface area contributed by atoms with E-state index in [4.69, 9.17) is 0 Å². The minimum Gasteiger partial charge on any atom is -0.312 e. The van der Waals surface area contributed by atoms with Crippen molar-refractivity contribution >= 4 is 21.4 Å². The molecule has 1 atom stereocenters. The summed E-state index contributed by atoms with van der Waals surface area (Å²) >= 11 is 1.53. The zero-order chi connectivity index (χ0) is 15.3. The van der Waals surface area contributed by atoms with E-state index in [1.807, 2.05) is 39.8 Å². The summed E-state index contributed by atoms with van der Waals surface area (Å²) < 4.78 is 27.5. The number of likely N-dealkylation sites (N-methyl/N-ethyl adjacent to an activating group) is 1. The zero-order valence-corrected chi connectivity index (χ0v) is 14.5. The molecular formula is C13H25N3O2S2. The lowest BCUT2D eigenvalue weighted by Gasteiger charge is -2.18. The Morgan fingerprint density at radius 2 is 2.05 bits per heavy atom. The molecule has 5 nitrogen and oxygen atoms in total. The van der Waals surface area contributed by atoms with Gasteiger partial charge in [-0.15, -0.1) is 11.3 Å². The lowest BCUT2D eigenvalue weighted by atomic mass is 10.3. The van der Waals surface area contributed by atoms with Crippen LogP contribution in [0.25, 0.3) is 0 Å². The van der Waals surface area contributed by atoms with Gasteiger partial charge in [0.25, 0.3) is 0 Å². The van der Waals surface area contributed by atoms with Crippen molar-refractivity contribution in [3.05, 3.63) is 15.8 Å². The number of nitrogens with one attached hydrogen (secondary N) is 2. The van der Waals surface area contributed by atoms with Crippen molar-refractivity contribution in [2.45, 2.75) is 38.3 Å². The second-order valence-electron chi connectivity index (χ2n) is 5.20. The van der Waals surface area contributed by atoms with Gasteiger partial charge in [0.15, 0.2) is 0 Å². The van der Waals surface area contributed by atoms with Gasteiger partial charge in [-0.25, -0.2) is 13.1 Å². The maximum atomic E-state index is 12.4. The van der Waals surface area contributed by atoms with Crippen LogP contribution in [0.5, 0.6) is 0 Å². The monoisotopic (exact) mass is 319 g/mol. The number of hydrogen-bond donors (Lipinski definition) is 2. The van der Waals surface area contributed by atoms with E-state index in [2.05, 4.69) is 10.0 Å². The first-order valence-electron chi connectivity index (χ1n) is 6.73. The normalized spacial score (nSPS) is 13.9. The molecule has 0 aliphatic heterocycles. The van der Waals surface area contributed by atoms with Crippen LogP contribution in [0.3, 0.4) is 0 Å². The summed E-state index contributed by atoms with van der Waals surface area (Å²) in [5, 5.41) is 3.21. The number of aryl methyl sites for hydroxylation is 1. The molecule has 116 valence electrons. The highest BCUT2D eigenvalue weighted by Crippen LogP contribution is 2.25. The Morgan fingerprint density at radius 3 is 2.60 bits per heavy atom. The SMILES string of the molecule is CCNCc1cc(S(=O)(=O)NC(C)CN(C)C)c(C)s1. The lowest BCUT2D eigenvalue weighted by Crippen LogP contribution is -2.39. The molecule has 0 aliphatic rings. The van der Waals surface area contributed by atoms with Crippen molar-refractivity contribution in [3.63, 3.8) is 0 Å². The molecule has 1 heterocycles. The Morgan fingerprint density at radius 1 is 1.40 bits per heavy atom. The van der Waals surface area contributed by atoms with Crippen molar-refractivity contribution in [1.82, 2.24) is 14.9 Å². The molecule has 20 heavy (non-hydrogen) atoms. The van der Waals surface area contributed by atoms with Crippen LogP contribution < -0.4 is 10.0 Å². The molecule has 1 aromatic heterocycles. The number of nitrogens with zero attached hydrogens (tertiary/aromatic N) is 1. The highest BCUT2D eigenvalue weighted by molar-refractivity contribution is 7.89. The van der Waals surface area contributed by atoms with Crippen LogP contribution >= 0.6 is 11.3 Å². The van der Waals surface area contributed by atoms with Gasteiger partial charge in [-0.2, -0.15) is 0 Å². The van der Waals surface area contributed by atoms with Gasteiger partial charge in [0.1, 0.15) is 0 Å². The molecular weight excluding hydrogens is 294 g/mol. The highest BCUT2D eigenvalue weighted by atomic mass is 32.2. The van der Waals surface area contributed by atoms with Gasteiger partial charge in [-0.05, 0) is 40.6 Å². The molecule has 0 aliphatic carbocycles. The molecule has 1 rings (SSSR count). The molecule has 2 N–H and O–H groups in total. The van der Waals surface area contributed by atoms with Gasteiger partial charge in [-0.3, -0.25) is 0 Å². The fourth-order valence-electron chi connectivity index (χ4n) is 2.04. The minimum absolute atomic E-state index is 0.119. The number of thiophene rings is 1. The second-order valence-corrected chi connectivity index (χ2v) is 8.22. The van der Waals surface area contributed by atoms with Crippen LogP contribution in [0.1, 0.15) is 23.6 Å². The third-order valence-corrected chi connectivity index (χ3v) is 5.65. The first-order valence-corrected chi connectivity index (χ1v) is 9.03. The Labute approximate surface area is 126 Å². The summed E-state index contributed by atoms with van der Waals surface area (Å²) in [4.78, 5) is 4.25. The van der Waals surface area contributed by atoms with Gasteiger partial charge in [0.2, 0.25) is 10.0 Å². The van der Waals surface area contributed by atoms with E-state index in [9.17, 15) is 8.42 Å². The van der Waals surface area contributed by atoms with E-state index < -0.39 is 10.0 Å². The molecule has 0 aromatic carbocycles. The van der Waals surface area contributed by atoms with Gasteiger partial charge < -0.3 is 10.2 Å². The van der Waals surface area contributed by atoms with E-state index >= 15 is 0 Å². The highest BCUT2D eigenvalue weighted by Gasteiger charge is 2.22. The largest absolute Gasteiger partial charge is 0.312 e. The summed E-state index contributed by atoms with van der Waals surface area (Å²) in [5.41, 5.74) is 0. The predicted molar refractivity (Wildman–Crippen MR) is 84.8 cm³/mol. The quantitative estimate of drug-likeness (QED) is 0.760. The lowest BCUT2D eigenvalue weighted by molar-refractivity contribution is 0.370. The van der Waals surface area contributed by atoms with Crippen LogP contribution in [-0.4, -0.2) is 46.5 Å². The standard InChI is InChI=1S/C13H25N3O2S2/c1-6-14-8-12-7-13(11(3)19-12)20(17,18)15-10(2)9-16(4)5/h7,10,14-15H,6,8-9H2,1-5H3.